The van der Waals surface area contributed by atoms with Crippen molar-refractivity contribution in [3.63, 3.8) is 0 Å². The highest BCUT2D eigenvalue weighted by Crippen LogP contribution is 2.36. The smallest absolute Gasteiger partial charge is 0.231 e. The van der Waals surface area contributed by atoms with Crippen LogP contribution in [0.2, 0.25) is 0 Å². The van der Waals surface area contributed by atoms with Gasteiger partial charge in [0.05, 0.1) is 12.1 Å². The molecule has 2 aromatic rings. The number of nitrogens with one attached hydrogen (secondary N) is 1. The molecule has 1 unspecified atom stereocenters. The lowest BCUT2D eigenvalue weighted by Crippen LogP contribution is -2.35. The van der Waals surface area contributed by atoms with E-state index in [4.69, 9.17) is 9.47 Å². The molecule has 0 saturated carbocycles. The maximum atomic E-state index is 13.0. The van der Waals surface area contributed by atoms with Crippen molar-refractivity contribution in [1.82, 2.24) is 0 Å². The Kier molecular flexibility index (Phi) is 3.43. The van der Waals surface area contributed by atoms with Gasteiger partial charge < -0.3 is 19.9 Å². The van der Waals surface area contributed by atoms with Gasteiger partial charge in [0.2, 0.25) is 6.79 Å². The lowest BCUT2D eigenvalue weighted by Gasteiger charge is -2.30. The van der Waals surface area contributed by atoms with Crippen LogP contribution < -0.4 is 14.8 Å². The number of anilines is 1. The second kappa shape index (κ2) is 5.26. The van der Waals surface area contributed by atoms with Crippen molar-refractivity contribution in [3.8, 4) is 11.5 Å². The molecule has 1 atom stereocenters. The SMILES string of the molecule is CC(CO)(Nc1ccc(F)cc1)c1ccc2c(c1)OCO2. The topological polar surface area (TPSA) is 50.7 Å². The highest BCUT2D eigenvalue weighted by atomic mass is 19.1. The van der Waals surface area contributed by atoms with E-state index in [0.717, 1.165) is 11.3 Å². The first-order valence-corrected chi connectivity index (χ1v) is 6.65. The van der Waals surface area contributed by atoms with Gasteiger partial charge in [-0.15, -0.1) is 0 Å². The van der Waals surface area contributed by atoms with Gasteiger partial charge in [-0.05, 0) is 48.9 Å². The minimum atomic E-state index is -0.710. The Morgan fingerprint density at radius 2 is 1.86 bits per heavy atom. The van der Waals surface area contributed by atoms with Crippen LogP contribution in [-0.2, 0) is 5.54 Å². The van der Waals surface area contributed by atoms with Crippen LogP contribution in [0, 0.1) is 5.82 Å². The summed E-state index contributed by atoms with van der Waals surface area (Å²) in [5.74, 6) is 1.06. The van der Waals surface area contributed by atoms with Crippen molar-refractivity contribution >= 4 is 5.69 Å². The summed E-state index contributed by atoms with van der Waals surface area (Å²) in [6.07, 6.45) is 0. The zero-order valence-corrected chi connectivity index (χ0v) is 11.6. The Morgan fingerprint density at radius 1 is 1.14 bits per heavy atom. The number of hydrogen-bond donors (Lipinski definition) is 2. The summed E-state index contributed by atoms with van der Waals surface area (Å²) in [5, 5.41) is 13.0. The molecule has 3 rings (SSSR count). The molecular formula is C16H16FNO3. The van der Waals surface area contributed by atoms with Crippen molar-refractivity contribution in [3.05, 3.63) is 53.8 Å². The standard InChI is InChI=1S/C16H16FNO3/c1-16(9-19,18-13-5-3-12(17)4-6-13)11-2-7-14-15(8-11)21-10-20-14/h2-8,18-19H,9-10H2,1H3. The fourth-order valence-corrected chi connectivity index (χ4v) is 2.29. The first-order chi connectivity index (χ1) is 10.1. The number of rotatable bonds is 4. The maximum absolute atomic E-state index is 13.0. The van der Waals surface area contributed by atoms with E-state index >= 15 is 0 Å². The van der Waals surface area contributed by atoms with Gasteiger partial charge in [0, 0.05) is 5.69 Å². The van der Waals surface area contributed by atoms with E-state index in [1.165, 1.54) is 12.1 Å². The fraction of sp³-hybridized carbons (Fsp3) is 0.250. The number of benzene rings is 2. The molecule has 0 spiro atoms. The quantitative estimate of drug-likeness (QED) is 0.908. The number of halogens is 1. The minimum absolute atomic E-state index is 0.121. The highest BCUT2D eigenvalue weighted by Gasteiger charge is 2.28. The van der Waals surface area contributed by atoms with Crippen LogP contribution in [0.25, 0.3) is 0 Å². The summed E-state index contributed by atoms with van der Waals surface area (Å²) in [6, 6.07) is 11.6. The molecule has 1 aliphatic heterocycles. The van der Waals surface area contributed by atoms with Gasteiger partial charge in [-0.3, -0.25) is 0 Å². The van der Waals surface area contributed by atoms with Crippen molar-refractivity contribution in [1.29, 1.82) is 0 Å². The first-order valence-electron chi connectivity index (χ1n) is 6.65. The van der Waals surface area contributed by atoms with Crippen LogP contribution in [0.15, 0.2) is 42.5 Å². The average molecular weight is 289 g/mol. The zero-order valence-electron chi connectivity index (χ0n) is 11.6. The van der Waals surface area contributed by atoms with E-state index in [9.17, 15) is 9.50 Å². The molecule has 0 amide bonds. The summed E-state index contributed by atoms with van der Waals surface area (Å²) in [7, 11) is 0. The van der Waals surface area contributed by atoms with Gasteiger partial charge in [0.15, 0.2) is 11.5 Å². The summed E-state index contributed by atoms with van der Waals surface area (Å²) in [5.41, 5.74) is 0.878. The molecule has 21 heavy (non-hydrogen) atoms. The van der Waals surface area contributed by atoms with Gasteiger partial charge in [-0.25, -0.2) is 4.39 Å². The molecule has 0 radical (unpaired) electrons. The Hall–Kier alpha value is -2.27. The molecule has 110 valence electrons. The number of hydrogen-bond acceptors (Lipinski definition) is 4. The lowest BCUT2D eigenvalue weighted by atomic mass is 9.92. The van der Waals surface area contributed by atoms with Crippen molar-refractivity contribution < 1.29 is 19.0 Å². The third kappa shape index (κ3) is 2.64. The van der Waals surface area contributed by atoms with E-state index in [1.54, 1.807) is 12.1 Å². The molecule has 2 aromatic carbocycles. The maximum Gasteiger partial charge on any atom is 0.231 e. The third-order valence-corrected chi connectivity index (χ3v) is 3.59. The molecular weight excluding hydrogens is 273 g/mol. The number of aliphatic hydroxyl groups excluding tert-OH is 1. The average Bonchev–Trinajstić information content (AvgIpc) is 2.97. The molecule has 2 N–H and O–H groups in total. The highest BCUT2D eigenvalue weighted by molar-refractivity contribution is 5.51. The molecule has 0 aliphatic carbocycles. The Bertz CT molecular complexity index is 644. The second-order valence-electron chi connectivity index (χ2n) is 5.19. The number of fused-ring (bicyclic) bond motifs is 1. The van der Waals surface area contributed by atoms with E-state index < -0.39 is 5.54 Å². The molecule has 0 saturated heterocycles. The molecule has 5 heteroatoms. The first kappa shape index (κ1) is 13.7. The van der Waals surface area contributed by atoms with Crippen molar-refractivity contribution in [2.24, 2.45) is 0 Å². The van der Waals surface area contributed by atoms with Crippen molar-refractivity contribution in [2.45, 2.75) is 12.5 Å². The lowest BCUT2D eigenvalue weighted by molar-refractivity contribution is 0.173. The second-order valence-corrected chi connectivity index (χ2v) is 5.19. The summed E-state index contributed by atoms with van der Waals surface area (Å²) >= 11 is 0. The molecule has 4 nitrogen and oxygen atoms in total. The molecule has 1 aliphatic rings. The van der Waals surface area contributed by atoms with Gasteiger partial charge in [0.1, 0.15) is 5.82 Å². The van der Waals surface area contributed by atoms with E-state index in [1.807, 2.05) is 25.1 Å². The molecule has 0 aromatic heterocycles. The van der Waals surface area contributed by atoms with Gasteiger partial charge in [-0.1, -0.05) is 6.07 Å². The van der Waals surface area contributed by atoms with Crippen molar-refractivity contribution in [2.75, 3.05) is 18.7 Å². The Balaban J connectivity index is 1.90. The third-order valence-electron chi connectivity index (χ3n) is 3.59. The number of aliphatic hydroxyl groups is 1. The summed E-state index contributed by atoms with van der Waals surface area (Å²) in [6.45, 7) is 1.96. The molecule has 0 bridgehead atoms. The van der Waals surface area contributed by atoms with E-state index in [2.05, 4.69) is 5.32 Å². The monoisotopic (exact) mass is 289 g/mol. The van der Waals surface area contributed by atoms with Crippen LogP contribution in [0.3, 0.4) is 0 Å². The Morgan fingerprint density at radius 3 is 2.57 bits per heavy atom. The van der Waals surface area contributed by atoms with Crippen LogP contribution >= 0.6 is 0 Å². The largest absolute Gasteiger partial charge is 0.454 e. The summed E-state index contributed by atoms with van der Waals surface area (Å²) < 4.78 is 23.6. The van der Waals surface area contributed by atoms with Gasteiger partial charge in [0.25, 0.3) is 0 Å². The molecule has 1 heterocycles. The van der Waals surface area contributed by atoms with Gasteiger partial charge in [-0.2, -0.15) is 0 Å². The normalized spacial score (nSPS) is 15.6. The number of ether oxygens (including phenoxy) is 2. The van der Waals surface area contributed by atoms with Gasteiger partial charge >= 0.3 is 0 Å². The predicted octanol–water partition coefficient (Wildman–Crippen LogP) is 2.87. The predicted molar refractivity (Wildman–Crippen MR) is 77.0 cm³/mol. The Labute approximate surface area is 122 Å². The minimum Gasteiger partial charge on any atom is -0.454 e. The van der Waals surface area contributed by atoms with Crippen LogP contribution in [-0.4, -0.2) is 18.5 Å². The van der Waals surface area contributed by atoms with Crippen LogP contribution in [0.1, 0.15) is 12.5 Å². The summed E-state index contributed by atoms with van der Waals surface area (Å²) in [4.78, 5) is 0. The van der Waals surface area contributed by atoms with E-state index in [0.29, 0.717) is 11.5 Å². The fourth-order valence-electron chi connectivity index (χ4n) is 2.29. The van der Waals surface area contributed by atoms with Crippen LogP contribution in [0.5, 0.6) is 11.5 Å². The van der Waals surface area contributed by atoms with E-state index in [-0.39, 0.29) is 19.2 Å². The zero-order chi connectivity index (χ0) is 14.9. The van der Waals surface area contributed by atoms with Crippen LogP contribution in [0.4, 0.5) is 10.1 Å². The molecule has 0 fully saturated rings.